The van der Waals surface area contributed by atoms with Crippen molar-refractivity contribution in [3.63, 3.8) is 0 Å². The van der Waals surface area contributed by atoms with Gasteiger partial charge in [0.25, 0.3) is 10.0 Å². The van der Waals surface area contributed by atoms with Crippen molar-refractivity contribution in [3.05, 3.63) is 95.6 Å². The second kappa shape index (κ2) is 11.3. The highest BCUT2D eigenvalue weighted by atomic mass is 32.2. The fraction of sp³-hybridized carbons (Fsp3) is 0.208. The van der Waals surface area contributed by atoms with E-state index in [1.807, 2.05) is 25.1 Å². The summed E-state index contributed by atoms with van der Waals surface area (Å²) in [4.78, 5) is 12.4. The number of halogens is 2. The predicted octanol–water partition coefficient (Wildman–Crippen LogP) is 4.52. The van der Waals surface area contributed by atoms with E-state index in [9.17, 15) is 22.0 Å². The average Bonchev–Trinajstić information content (AvgIpc) is 2.78. The van der Waals surface area contributed by atoms with Gasteiger partial charge in [0.2, 0.25) is 5.91 Å². The Bertz CT molecular complexity index is 1190. The highest BCUT2D eigenvalue weighted by Gasteiger charge is 2.27. The lowest BCUT2D eigenvalue weighted by atomic mass is 10.2. The van der Waals surface area contributed by atoms with Crippen molar-refractivity contribution in [2.24, 2.45) is 0 Å². The minimum Gasteiger partial charge on any atom is -0.354 e. The van der Waals surface area contributed by atoms with Crippen LogP contribution >= 0.6 is 11.8 Å². The minimum absolute atomic E-state index is 0.129. The predicted molar refractivity (Wildman–Crippen MR) is 128 cm³/mol. The lowest BCUT2D eigenvalue weighted by molar-refractivity contribution is -0.119. The molecule has 9 heteroatoms. The van der Waals surface area contributed by atoms with E-state index in [0.29, 0.717) is 12.3 Å². The Balaban J connectivity index is 1.64. The van der Waals surface area contributed by atoms with Crippen LogP contribution in [0.1, 0.15) is 11.1 Å². The van der Waals surface area contributed by atoms with Crippen LogP contribution in [-0.2, 0) is 20.6 Å². The molecule has 0 aliphatic rings. The van der Waals surface area contributed by atoms with Crippen LogP contribution < -0.4 is 9.62 Å². The zero-order valence-electron chi connectivity index (χ0n) is 18.0. The number of aryl methyl sites for hydroxylation is 1. The summed E-state index contributed by atoms with van der Waals surface area (Å²) in [5, 5.41) is 2.72. The van der Waals surface area contributed by atoms with Crippen LogP contribution in [0.2, 0.25) is 0 Å². The molecule has 0 unspecified atom stereocenters. The Hall–Kier alpha value is -2.91. The van der Waals surface area contributed by atoms with E-state index >= 15 is 0 Å². The molecule has 0 aliphatic heterocycles. The molecule has 0 fully saturated rings. The molecule has 1 N–H and O–H groups in total. The summed E-state index contributed by atoms with van der Waals surface area (Å²) in [6.45, 7) is 1.90. The standard InChI is InChI=1S/C24H24F2N2O3S2/c1-18-3-2-4-19(15-18)17-32-14-13-27-24(29)16-28(22-9-5-20(25)6-10-22)33(30,31)23-11-7-21(26)8-12-23/h2-12,15H,13-14,16-17H2,1H3,(H,27,29). The van der Waals surface area contributed by atoms with Crippen molar-refractivity contribution in [1.29, 1.82) is 0 Å². The van der Waals surface area contributed by atoms with Gasteiger partial charge >= 0.3 is 0 Å². The Morgan fingerprint density at radius 3 is 2.24 bits per heavy atom. The number of anilines is 1. The molecular formula is C24H24F2N2O3S2. The first-order valence-corrected chi connectivity index (χ1v) is 12.8. The number of carbonyl (C=O) groups excluding carboxylic acids is 1. The van der Waals surface area contributed by atoms with Gasteiger partial charge in [0.1, 0.15) is 18.2 Å². The van der Waals surface area contributed by atoms with E-state index in [1.54, 1.807) is 11.8 Å². The van der Waals surface area contributed by atoms with Crippen molar-refractivity contribution in [3.8, 4) is 0 Å². The highest BCUT2D eigenvalue weighted by molar-refractivity contribution is 7.98. The van der Waals surface area contributed by atoms with Crippen LogP contribution in [0.4, 0.5) is 14.5 Å². The van der Waals surface area contributed by atoms with Crippen molar-refractivity contribution >= 4 is 33.4 Å². The number of hydrogen-bond acceptors (Lipinski definition) is 4. The van der Waals surface area contributed by atoms with Gasteiger partial charge in [0, 0.05) is 18.1 Å². The highest BCUT2D eigenvalue weighted by Crippen LogP contribution is 2.24. The Labute approximate surface area is 196 Å². The third-order valence-electron chi connectivity index (χ3n) is 4.72. The van der Waals surface area contributed by atoms with Crippen LogP contribution in [0.25, 0.3) is 0 Å². The van der Waals surface area contributed by atoms with Crippen molar-refractivity contribution < 1.29 is 22.0 Å². The second-order valence-electron chi connectivity index (χ2n) is 7.33. The van der Waals surface area contributed by atoms with E-state index in [-0.39, 0.29) is 10.6 Å². The van der Waals surface area contributed by atoms with E-state index < -0.39 is 34.1 Å². The zero-order valence-corrected chi connectivity index (χ0v) is 19.6. The number of amides is 1. The summed E-state index contributed by atoms with van der Waals surface area (Å²) in [7, 11) is -4.18. The lowest BCUT2D eigenvalue weighted by Crippen LogP contribution is -2.41. The fourth-order valence-corrected chi connectivity index (χ4v) is 5.32. The quantitative estimate of drug-likeness (QED) is 0.425. The molecule has 0 aliphatic carbocycles. The van der Waals surface area contributed by atoms with E-state index in [0.717, 1.165) is 46.5 Å². The number of nitrogens with zero attached hydrogens (tertiary/aromatic N) is 1. The lowest BCUT2D eigenvalue weighted by Gasteiger charge is -2.24. The Kier molecular flexibility index (Phi) is 8.46. The van der Waals surface area contributed by atoms with Crippen LogP contribution in [0.3, 0.4) is 0 Å². The SMILES string of the molecule is Cc1cccc(CSCCNC(=O)CN(c2ccc(F)cc2)S(=O)(=O)c2ccc(F)cc2)c1. The van der Waals surface area contributed by atoms with Gasteiger partial charge in [-0.05, 0) is 61.0 Å². The molecule has 0 bridgehead atoms. The molecule has 174 valence electrons. The van der Waals surface area contributed by atoms with Crippen LogP contribution in [0, 0.1) is 18.6 Å². The largest absolute Gasteiger partial charge is 0.354 e. The van der Waals surface area contributed by atoms with Gasteiger partial charge in [0.15, 0.2) is 0 Å². The average molecular weight is 491 g/mol. The summed E-state index contributed by atoms with van der Waals surface area (Å²) in [6, 6.07) is 17.3. The van der Waals surface area contributed by atoms with Gasteiger partial charge in [-0.25, -0.2) is 17.2 Å². The third-order valence-corrected chi connectivity index (χ3v) is 7.54. The number of carbonyl (C=O) groups is 1. The van der Waals surface area contributed by atoms with Gasteiger partial charge < -0.3 is 5.32 Å². The minimum atomic E-state index is -4.18. The Morgan fingerprint density at radius 1 is 0.970 bits per heavy atom. The molecular weight excluding hydrogens is 466 g/mol. The smallest absolute Gasteiger partial charge is 0.264 e. The first kappa shape index (κ1) is 24.7. The zero-order chi connectivity index (χ0) is 23.8. The maximum atomic E-state index is 13.4. The molecule has 3 rings (SSSR count). The maximum Gasteiger partial charge on any atom is 0.264 e. The normalized spacial score (nSPS) is 11.2. The Morgan fingerprint density at radius 2 is 1.61 bits per heavy atom. The monoisotopic (exact) mass is 490 g/mol. The first-order chi connectivity index (χ1) is 15.8. The number of thioether (sulfide) groups is 1. The van der Waals surface area contributed by atoms with Crippen molar-refractivity contribution in [2.75, 3.05) is 23.1 Å². The van der Waals surface area contributed by atoms with Gasteiger partial charge in [-0.15, -0.1) is 0 Å². The number of hydrogen-bond donors (Lipinski definition) is 1. The number of sulfonamides is 1. The van der Waals surface area contributed by atoms with Gasteiger partial charge in [-0.2, -0.15) is 11.8 Å². The number of benzene rings is 3. The molecule has 0 saturated carbocycles. The maximum absolute atomic E-state index is 13.4. The fourth-order valence-electron chi connectivity index (χ4n) is 3.10. The van der Waals surface area contributed by atoms with Crippen molar-refractivity contribution in [1.82, 2.24) is 5.32 Å². The third kappa shape index (κ3) is 7.03. The summed E-state index contributed by atoms with van der Waals surface area (Å²) in [6.07, 6.45) is 0. The summed E-state index contributed by atoms with van der Waals surface area (Å²) in [5.41, 5.74) is 2.51. The van der Waals surface area contributed by atoms with Crippen molar-refractivity contribution in [2.45, 2.75) is 17.6 Å². The second-order valence-corrected chi connectivity index (χ2v) is 10.3. The summed E-state index contributed by atoms with van der Waals surface area (Å²) >= 11 is 1.65. The molecule has 5 nitrogen and oxygen atoms in total. The van der Waals surface area contributed by atoms with Gasteiger partial charge in [-0.3, -0.25) is 9.10 Å². The number of rotatable bonds is 10. The first-order valence-electron chi connectivity index (χ1n) is 10.2. The molecule has 1 amide bonds. The van der Waals surface area contributed by atoms with E-state index in [2.05, 4.69) is 11.4 Å². The molecule has 0 saturated heterocycles. The van der Waals surface area contributed by atoms with E-state index in [1.165, 1.54) is 23.3 Å². The van der Waals surface area contributed by atoms with Gasteiger partial charge in [0.05, 0.1) is 10.6 Å². The van der Waals surface area contributed by atoms with Crippen LogP contribution in [-0.4, -0.2) is 33.2 Å². The summed E-state index contributed by atoms with van der Waals surface area (Å²) in [5.74, 6) is -0.156. The van der Waals surface area contributed by atoms with Crippen LogP contribution in [0.15, 0.2) is 77.7 Å². The molecule has 0 atom stereocenters. The summed E-state index contributed by atoms with van der Waals surface area (Å²) < 4.78 is 53.8. The molecule has 0 radical (unpaired) electrons. The molecule has 0 spiro atoms. The topological polar surface area (TPSA) is 66.5 Å². The molecule has 3 aromatic rings. The number of nitrogens with one attached hydrogen (secondary N) is 1. The molecule has 0 aromatic heterocycles. The molecule has 3 aromatic carbocycles. The van der Waals surface area contributed by atoms with E-state index in [4.69, 9.17) is 0 Å². The molecule has 33 heavy (non-hydrogen) atoms. The van der Waals surface area contributed by atoms with Crippen LogP contribution in [0.5, 0.6) is 0 Å². The molecule has 0 heterocycles. The van der Waals surface area contributed by atoms with Gasteiger partial charge in [-0.1, -0.05) is 29.8 Å².